The largest absolute Gasteiger partial charge is 0.318 e. The van der Waals surface area contributed by atoms with E-state index >= 15 is 0 Å². The molecule has 2 unspecified atom stereocenters. The van der Waals surface area contributed by atoms with Gasteiger partial charge < -0.3 is 10.2 Å². The molecule has 16 heavy (non-hydrogen) atoms. The summed E-state index contributed by atoms with van der Waals surface area (Å²) in [6.45, 7) is 5.99. The Morgan fingerprint density at radius 1 is 1.19 bits per heavy atom. The van der Waals surface area contributed by atoms with Gasteiger partial charge in [0.25, 0.3) is 0 Å². The summed E-state index contributed by atoms with van der Waals surface area (Å²) in [5.41, 5.74) is 0. The number of hydrogen-bond donors (Lipinski definition) is 1. The van der Waals surface area contributed by atoms with Crippen molar-refractivity contribution in [3.05, 3.63) is 0 Å². The lowest BCUT2D eigenvalue weighted by molar-refractivity contribution is 0.0115. The van der Waals surface area contributed by atoms with Gasteiger partial charge in [-0.3, -0.25) is 4.90 Å². The normalized spacial score (nSPS) is 34.7. The van der Waals surface area contributed by atoms with Gasteiger partial charge in [-0.1, -0.05) is 12.8 Å². The van der Waals surface area contributed by atoms with E-state index in [2.05, 4.69) is 36.1 Å². The smallest absolute Gasteiger partial charge is 0.0353 e. The molecule has 2 fully saturated rings. The first-order valence-electron chi connectivity index (χ1n) is 6.83. The van der Waals surface area contributed by atoms with Gasteiger partial charge in [0.2, 0.25) is 0 Å². The lowest BCUT2D eigenvalue weighted by atomic mass is 10.0. The first-order valence-corrected chi connectivity index (χ1v) is 6.83. The second-order valence-corrected chi connectivity index (χ2v) is 5.67. The highest BCUT2D eigenvalue weighted by Gasteiger charge is 2.35. The molecular formula is C13H27N3. The Morgan fingerprint density at radius 2 is 1.88 bits per heavy atom. The van der Waals surface area contributed by atoms with Gasteiger partial charge >= 0.3 is 0 Å². The van der Waals surface area contributed by atoms with Crippen molar-refractivity contribution in [3.63, 3.8) is 0 Å². The zero-order valence-corrected chi connectivity index (χ0v) is 11.1. The minimum atomic E-state index is 0.710. The molecule has 0 amide bonds. The highest BCUT2D eigenvalue weighted by atomic mass is 15.3. The summed E-state index contributed by atoms with van der Waals surface area (Å²) in [6, 6.07) is 2.30. The van der Waals surface area contributed by atoms with Gasteiger partial charge in [0, 0.05) is 37.8 Å². The third-order valence-corrected chi connectivity index (χ3v) is 4.21. The predicted octanol–water partition coefficient (Wildman–Crippen LogP) is 1.15. The number of rotatable bonds is 3. The molecule has 0 radical (unpaired) electrons. The Labute approximate surface area is 100 Å². The van der Waals surface area contributed by atoms with Crippen LogP contribution in [0.25, 0.3) is 0 Å². The minimum absolute atomic E-state index is 0.710. The lowest BCUT2D eigenvalue weighted by Crippen LogP contribution is -2.61. The van der Waals surface area contributed by atoms with Gasteiger partial charge in [0.1, 0.15) is 0 Å². The maximum atomic E-state index is 3.36. The van der Waals surface area contributed by atoms with E-state index in [-0.39, 0.29) is 0 Å². The summed E-state index contributed by atoms with van der Waals surface area (Å²) in [7, 11) is 4.33. The molecule has 3 nitrogen and oxygen atoms in total. The molecule has 0 aromatic rings. The first kappa shape index (κ1) is 12.3. The van der Waals surface area contributed by atoms with E-state index in [0.29, 0.717) is 6.04 Å². The number of nitrogens with zero attached hydrogens (tertiary/aromatic N) is 2. The van der Waals surface area contributed by atoms with Crippen molar-refractivity contribution in [2.24, 2.45) is 0 Å². The Morgan fingerprint density at radius 3 is 2.50 bits per heavy atom. The summed E-state index contributed by atoms with van der Waals surface area (Å²) in [6.07, 6.45) is 5.73. The summed E-state index contributed by atoms with van der Waals surface area (Å²) in [5, 5.41) is 3.36. The van der Waals surface area contributed by atoms with E-state index in [9.17, 15) is 0 Å². The van der Waals surface area contributed by atoms with Crippen LogP contribution >= 0.6 is 0 Å². The SMILES string of the molecule is CNCC1CN(C)CC(C)N1C1CCCC1. The van der Waals surface area contributed by atoms with Crippen LogP contribution in [0.4, 0.5) is 0 Å². The molecule has 1 heterocycles. The Bertz CT molecular complexity index is 213. The fourth-order valence-corrected chi connectivity index (χ4v) is 3.70. The third-order valence-electron chi connectivity index (χ3n) is 4.21. The van der Waals surface area contributed by atoms with Gasteiger partial charge in [-0.25, -0.2) is 0 Å². The fourth-order valence-electron chi connectivity index (χ4n) is 3.70. The molecular weight excluding hydrogens is 198 g/mol. The van der Waals surface area contributed by atoms with Gasteiger partial charge in [-0.15, -0.1) is 0 Å². The zero-order chi connectivity index (χ0) is 11.5. The van der Waals surface area contributed by atoms with Crippen LogP contribution in [0.3, 0.4) is 0 Å². The predicted molar refractivity (Wildman–Crippen MR) is 68.8 cm³/mol. The van der Waals surface area contributed by atoms with E-state index in [1.165, 1.54) is 38.8 Å². The molecule has 1 aliphatic carbocycles. The van der Waals surface area contributed by atoms with Crippen LogP contribution in [0.1, 0.15) is 32.6 Å². The van der Waals surface area contributed by atoms with Gasteiger partial charge in [-0.05, 0) is 33.9 Å². The van der Waals surface area contributed by atoms with Crippen molar-refractivity contribution in [1.29, 1.82) is 0 Å². The van der Waals surface area contributed by atoms with E-state index in [4.69, 9.17) is 0 Å². The third kappa shape index (κ3) is 2.58. The summed E-state index contributed by atoms with van der Waals surface area (Å²) >= 11 is 0. The average Bonchev–Trinajstić information content (AvgIpc) is 2.70. The van der Waals surface area contributed by atoms with E-state index < -0.39 is 0 Å². The number of piperazine rings is 1. The summed E-state index contributed by atoms with van der Waals surface area (Å²) < 4.78 is 0. The Kier molecular flexibility index (Phi) is 4.22. The standard InChI is InChI=1S/C13H27N3/c1-11-9-15(3)10-13(8-14-2)16(11)12-6-4-5-7-12/h11-14H,4-10H2,1-3H3. The molecule has 2 atom stereocenters. The van der Waals surface area contributed by atoms with Gasteiger partial charge in [-0.2, -0.15) is 0 Å². The van der Waals surface area contributed by atoms with Crippen molar-refractivity contribution in [1.82, 2.24) is 15.1 Å². The molecule has 1 aliphatic heterocycles. The summed E-state index contributed by atoms with van der Waals surface area (Å²) in [4.78, 5) is 5.29. The van der Waals surface area contributed by atoms with E-state index in [1.807, 2.05) is 0 Å². The zero-order valence-electron chi connectivity index (χ0n) is 11.1. The average molecular weight is 225 g/mol. The molecule has 0 aromatic heterocycles. The van der Waals surface area contributed by atoms with Crippen LogP contribution in [-0.4, -0.2) is 61.7 Å². The molecule has 2 rings (SSSR count). The van der Waals surface area contributed by atoms with Crippen LogP contribution in [0.2, 0.25) is 0 Å². The molecule has 1 saturated heterocycles. The second-order valence-electron chi connectivity index (χ2n) is 5.67. The monoisotopic (exact) mass is 225 g/mol. The van der Waals surface area contributed by atoms with Crippen LogP contribution in [0.15, 0.2) is 0 Å². The Balaban J connectivity index is 2.03. The molecule has 3 heteroatoms. The van der Waals surface area contributed by atoms with Crippen molar-refractivity contribution >= 4 is 0 Å². The summed E-state index contributed by atoms with van der Waals surface area (Å²) in [5.74, 6) is 0. The lowest BCUT2D eigenvalue weighted by Gasteiger charge is -2.47. The quantitative estimate of drug-likeness (QED) is 0.777. The maximum Gasteiger partial charge on any atom is 0.0353 e. The highest BCUT2D eigenvalue weighted by Crippen LogP contribution is 2.29. The van der Waals surface area contributed by atoms with Crippen molar-refractivity contribution in [3.8, 4) is 0 Å². The Hall–Kier alpha value is -0.120. The van der Waals surface area contributed by atoms with Crippen molar-refractivity contribution in [2.45, 2.75) is 50.7 Å². The molecule has 0 aromatic carbocycles. The first-order chi connectivity index (χ1) is 7.72. The van der Waals surface area contributed by atoms with Crippen molar-refractivity contribution < 1.29 is 0 Å². The molecule has 94 valence electrons. The second kappa shape index (κ2) is 5.48. The maximum absolute atomic E-state index is 3.36. The van der Waals surface area contributed by atoms with E-state index in [1.54, 1.807) is 0 Å². The topological polar surface area (TPSA) is 18.5 Å². The molecule has 1 N–H and O–H groups in total. The fraction of sp³-hybridized carbons (Fsp3) is 1.00. The molecule has 1 saturated carbocycles. The number of likely N-dealkylation sites (N-methyl/N-ethyl adjacent to an activating group) is 2. The van der Waals surface area contributed by atoms with Crippen LogP contribution < -0.4 is 5.32 Å². The van der Waals surface area contributed by atoms with Crippen molar-refractivity contribution in [2.75, 3.05) is 33.7 Å². The van der Waals surface area contributed by atoms with Gasteiger partial charge in [0.05, 0.1) is 0 Å². The number of nitrogens with one attached hydrogen (secondary N) is 1. The minimum Gasteiger partial charge on any atom is -0.318 e. The van der Waals surface area contributed by atoms with Crippen LogP contribution in [0, 0.1) is 0 Å². The van der Waals surface area contributed by atoms with Crippen LogP contribution in [-0.2, 0) is 0 Å². The molecule has 2 aliphatic rings. The highest BCUT2D eigenvalue weighted by molar-refractivity contribution is 4.92. The van der Waals surface area contributed by atoms with Crippen LogP contribution in [0.5, 0.6) is 0 Å². The molecule has 0 spiro atoms. The van der Waals surface area contributed by atoms with E-state index in [0.717, 1.165) is 18.6 Å². The number of hydrogen-bond acceptors (Lipinski definition) is 3. The molecule has 0 bridgehead atoms. The van der Waals surface area contributed by atoms with Gasteiger partial charge in [0.15, 0.2) is 0 Å².